The molecule has 0 aliphatic heterocycles. The number of aromatic nitrogens is 4. The minimum Gasteiger partial charge on any atom is -0.748 e. The number of fused-ring (bicyclic) bond motifs is 6. The number of benzene rings is 6. The molecule has 0 unspecified atom stereocenters. The molecule has 12 aromatic rings. The SMILES string of the molecule is C#CC#CC#CC.CO.CO.CS(=O)(=O)[O-].[2H]C([2H])([2H])c1c[c-]c(-c2cc(C)c(C([2H])([2H])[2H])cn2)cc1.[2H]C([2H])([2H])c1c[c-]c(-c2cc(C)c(C([2H])([2H])[2H])cn2)cc1.[2H]c1c(C([2H])([2H])[2H])cnc(-c2[c-]ccc3c2sc2ccccc23)c1[2H].[2H]c1c(C([2H])([2H])[2H])cnc(-c2cccc3c2sc2ccccc23)c1[2H].[B][B]B([B])[B].[Ir].[Ir]. The van der Waals surface area contributed by atoms with Gasteiger partial charge in [-0.25, -0.2) is 8.42 Å². The number of hydrogen-bond acceptors (Lipinski definition) is 11. The van der Waals surface area contributed by atoms with Crippen LogP contribution in [0.25, 0.3) is 85.4 Å². The van der Waals surface area contributed by atoms with Gasteiger partial charge in [-0.2, -0.15) is 11.3 Å². The molecule has 0 fully saturated rings. The summed E-state index contributed by atoms with van der Waals surface area (Å²) in [5, 5.41) is 18.4. The average molecular weight is 1650 g/mol. The molecule has 0 aliphatic carbocycles. The molecule has 0 saturated carbocycles. The molecule has 0 atom stereocenters. The third-order valence-electron chi connectivity index (χ3n) is 11.5. The zero-order valence-electron chi connectivity index (χ0n) is 72.7. The topological polar surface area (TPSA) is 149 Å². The van der Waals surface area contributed by atoms with Crippen LogP contribution in [-0.2, 0) is 50.3 Å². The van der Waals surface area contributed by atoms with Crippen molar-refractivity contribution in [2.24, 2.45) is 0 Å². The molecule has 0 saturated heterocycles. The summed E-state index contributed by atoms with van der Waals surface area (Å²) in [5.74, 6) is 12.0. The molecule has 9 radical (unpaired) electrons. The van der Waals surface area contributed by atoms with E-state index in [9.17, 15) is 0 Å². The molecule has 9 nitrogen and oxygen atoms in total. The molecule has 0 bridgehead atoms. The third kappa shape index (κ3) is 26.8. The second-order valence-corrected chi connectivity index (χ2v) is 21.5. The first-order valence-electron chi connectivity index (χ1n) is 37.5. The third-order valence-corrected chi connectivity index (χ3v) is 13.9. The number of terminal acetylenes is 1. The minimum absolute atomic E-state index is 0. The summed E-state index contributed by atoms with van der Waals surface area (Å²) in [5.41, 5.74) is 6.10. The molecule has 19 heteroatoms. The fourth-order valence-corrected chi connectivity index (χ4v) is 9.83. The molecule has 6 aromatic carbocycles. The van der Waals surface area contributed by atoms with Gasteiger partial charge in [-0.05, 0) is 139 Å². The Kier molecular flexibility index (Phi) is 23.8. The Morgan fingerprint density at radius 3 is 1.47 bits per heavy atom. The Labute approximate surface area is 622 Å². The van der Waals surface area contributed by atoms with Crippen molar-refractivity contribution in [3.05, 3.63) is 239 Å². The van der Waals surface area contributed by atoms with E-state index in [1.807, 2.05) is 66.7 Å². The van der Waals surface area contributed by atoms with E-state index in [1.165, 1.54) is 56.1 Å². The van der Waals surface area contributed by atoms with E-state index in [-0.39, 0.29) is 103 Å². The summed E-state index contributed by atoms with van der Waals surface area (Å²) in [6, 6.07) is 46.0. The molecule has 0 aliphatic rings. The smallest absolute Gasteiger partial charge is 0.0916 e. The van der Waals surface area contributed by atoms with Crippen molar-refractivity contribution in [2.75, 3.05) is 20.5 Å². The second-order valence-electron chi connectivity index (χ2n) is 18.0. The van der Waals surface area contributed by atoms with E-state index in [1.54, 1.807) is 73.8 Å². The Morgan fingerprint density at radius 1 is 0.581 bits per heavy atom. The van der Waals surface area contributed by atoms with Crippen molar-refractivity contribution >= 4 is 110 Å². The maximum atomic E-state index is 9.08. The van der Waals surface area contributed by atoms with E-state index in [0.29, 0.717) is 51.2 Å². The fourth-order valence-electron chi connectivity index (χ4n) is 7.41. The van der Waals surface area contributed by atoms with Gasteiger partial charge in [-0.15, -0.1) is 112 Å². The summed E-state index contributed by atoms with van der Waals surface area (Å²) >= 11 is 3.19. The van der Waals surface area contributed by atoms with Gasteiger partial charge in [0, 0.05) is 177 Å². The normalized spacial score (nSPS) is 13.8. The van der Waals surface area contributed by atoms with Crippen molar-refractivity contribution in [1.82, 2.24) is 19.9 Å². The first-order valence-corrected chi connectivity index (χ1v) is 30.0. The number of aliphatic hydroxyl groups is 2. The summed E-state index contributed by atoms with van der Waals surface area (Å²) in [7, 11) is 13.9. The molecule has 93 heavy (non-hydrogen) atoms. The monoisotopic (exact) mass is 1650 g/mol. The van der Waals surface area contributed by atoms with E-state index >= 15 is 0 Å². The molecule has 0 spiro atoms. The van der Waals surface area contributed by atoms with E-state index in [2.05, 4.69) is 73.8 Å². The molecule has 2 N–H and O–H groups in total. The molecular formula is C74H68B5Ir2N4O5S3-4. The molecular weight excluding hydrogens is 1560 g/mol. The zero-order valence-corrected chi connectivity index (χ0v) is 57.9. The van der Waals surface area contributed by atoms with Crippen LogP contribution in [0.15, 0.2) is 176 Å². The number of hydrogen-bond donors (Lipinski definition) is 2. The zero-order chi connectivity index (χ0) is 85.5. The van der Waals surface area contributed by atoms with Gasteiger partial charge in [0.15, 0.2) is 0 Å². The van der Waals surface area contributed by atoms with Crippen molar-refractivity contribution in [3.8, 4) is 81.1 Å². The Hall–Kier alpha value is -7.51. The van der Waals surface area contributed by atoms with Crippen LogP contribution in [0.4, 0.5) is 0 Å². The summed E-state index contributed by atoms with van der Waals surface area (Å²) in [6.07, 6.45) is 9.98. The van der Waals surface area contributed by atoms with Gasteiger partial charge in [-0.3, -0.25) is 4.98 Å². The van der Waals surface area contributed by atoms with E-state index in [4.69, 9.17) is 83.0 Å². The van der Waals surface area contributed by atoms with Gasteiger partial charge >= 0.3 is 0 Å². The van der Waals surface area contributed by atoms with Crippen LogP contribution in [0.1, 0.15) is 81.6 Å². The number of rotatable bonds is 5. The average Bonchev–Trinajstić information content (AvgIpc) is 1.60. The van der Waals surface area contributed by atoms with Crippen molar-refractivity contribution in [3.63, 3.8) is 0 Å². The number of pyridine rings is 4. The number of nitrogens with zero attached hydrogens (tertiary/aromatic N) is 4. The van der Waals surface area contributed by atoms with Gasteiger partial charge in [0.05, 0.1) is 21.3 Å². The van der Waals surface area contributed by atoms with Gasteiger partial charge in [0.25, 0.3) is 0 Å². The van der Waals surface area contributed by atoms with E-state index < -0.39 is 57.6 Å². The van der Waals surface area contributed by atoms with Crippen LogP contribution < -0.4 is 0 Å². The molecule has 469 valence electrons. The van der Waals surface area contributed by atoms with E-state index in [0.717, 1.165) is 60.1 Å². The predicted molar refractivity (Wildman–Crippen MR) is 390 cm³/mol. The summed E-state index contributed by atoms with van der Waals surface area (Å²) in [4.78, 5) is 16.7. The minimum atomic E-state index is -3.92. The van der Waals surface area contributed by atoms with Crippen molar-refractivity contribution in [2.45, 2.75) is 61.9 Å². The van der Waals surface area contributed by atoms with Gasteiger partial charge in [-0.1, -0.05) is 121 Å². The molecule has 6 heterocycles. The van der Waals surface area contributed by atoms with Crippen molar-refractivity contribution < 1.29 is 93.6 Å². The molecule has 0 amide bonds. The molecule has 6 aromatic heterocycles. The predicted octanol–water partition coefficient (Wildman–Crippen LogP) is 14.7. The molecule has 12 rings (SSSR count). The van der Waals surface area contributed by atoms with Crippen LogP contribution in [0.3, 0.4) is 0 Å². The Balaban J connectivity index is 0.000000478. The first-order chi connectivity index (χ1) is 52.6. The number of thiophene rings is 2. The first kappa shape index (κ1) is 51.9. The number of aliphatic hydroxyl groups excluding tert-OH is 2. The largest absolute Gasteiger partial charge is 0.748 e. The Bertz CT molecular complexity index is 5230. The van der Waals surface area contributed by atoms with Crippen LogP contribution in [0, 0.1) is 109 Å². The quantitative estimate of drug-likeness (QED) is 0.0743. The summed E-state index contributed by atoms with van der Waals surface area (Å²) < 4.78 is 197. The standard InChI is InChI=1S/C18H13NS.C18H12NS.2C14H14N.C7H4.CH4O3S.2CH4O.B5.2Ir/c2*1-12-9-10-16(19-11-12)15-7-4-6-14-13-5-2-3-8-17(13)20-18(14)15;2*1-10-4-6-13(7-5-10)14-8-11(2)12(3)9-15-14;1-3-5-7-6-4-2;1-5(2,3)4;2*1-2;1-4-5(2)3;;/h2-11H,1H3;2-6,8-11H,1H3;2*4-6,8-9H,1-3H3;1H,2H3;1H3,(H,2,3,4);2*2H,1H3;;;/q;3*-1;;;;;;;/p-1/i2*1D3,9D,10D;2*1D3,3D3;;;;;;;. The second kappa shape index (κ2) is 42.7. The Morgan fingerprint density at radius 2 is 1.03 bits per heavy atom. The summed E-state index contributed by atoms with van der Waals surface area (Å²) in [6.45, 7) is -8.46. The maximum Gasteiger partial charge on any atom is 0.0916 e. The maximum absolute atomic E-state index is 9.08. The fraction of sp³-hybridized carbons (Fsp3) is 0.162. The van der Waals surface area contributed by atoms with Crippen LogP contribution in [0.2, 0.25) is 0 Å². The van der Waals surface area contributed by atoms with Gasteiger partial charge < -0.3 is 29.7 Å². The van der Waals surface area contributed by atoms with Crippen LogP contribution in [-0.4, -0.2) is 100 Å². The van der Waals surface area contributed by atoms with Crippen LogP contribution >= 0.6 is 22.7 Å². The van der Waals surface area contributed by atoms with Crippen LogP contribution in [0.5, 0.6) is 0 Å². The van der Waals surface area contributed by atoms with Crippen molar-refractivity contribution in [1.29, 1.82) is 0 Å². The van der Waals surface area contributed by atoms with Gasteiger partial charge in [0.1, 0.15) is 0 Å². The van der Waals surface area contributed by atoms with Gasteiger partial charge in [0.2, 0.25) is 0 Å². The number of aryl methyl sites for hydroxylation is 8.